The van der Waals surface area contributed by atoms with Crippen molar-refractivity contribution in [1.29, 1.82) is 0 Å². The van der Waals surface area contributed by atoms with E-state index in [0.717, 1.165) is 35.4 Å². The van der Waals surface area contributed by atoms with Gasteiger partial charge in [0.25, 0.3) is 5.91 Å². The Bertz CT molecular complexity index is 864. The molecule has 0 bridgehead atoms. The highest BCUT2D eigenvalue weighted by Gasteiger charge is 2.33. The van der Waals surface area contributed by atoms with E-state index in [1.165, 1.54) is 16.9 Å². The van der Waals surface area contributed by atoms with Crippen LogP contribution in [0.15, 0.2) is 12.1 Å². The van der Waals surface area contributed by atoms with E-state index in [1.54, 1.807) is 17.4 Å². The standard InChI is InChI=1S/C17H15ClN2O3S/c18-10-6-12-11(22-7-23-12)5-9(10)15-19-16(21)14-8-3-1-2-4-13(8)24-17(14)20-15/h5-6,15,20H,1-4,7H2,(H,19,21). The van der Waals surface area contributed by atoms with Crippen molar-refractivity contribution in [2.75, 3.05) is 12.1 Å². The topological polar surface area (TPSA) is 59.6 Å². The van der Waals surface area contributed by atoms with Crippen LogP contribution in [0.1, 0.15) is 45.4 Å². The first kappa shape index (κ1) is 14.4. The summed E-state index contributed by atoms with van der Waals surface area (Å²) in [6.45, 7) is 0.196. The molecule has 24 heavy (non-hydrogen) atoms. The van der Waals surface area contributed by atoms with Gasteiger partial charge in [-0.05, 0) is 37.3 Å². The van der Waals surface area contributed by atoms with E-state index in [2.05, 4.69) is 10.6 Å². The lowest BCUT2D eigenvalue weighted by atomic mass is 9.94. The number of benzene rings is 1. The van der Waals surface area contributed by atoms with Gasteiger partial charge in [0.05, 0.1) is 10.6 Å². The summed E-state index contributed by atoms with van der Waals surface area (Å²) in [5.74, 6) is 1.27. The molecule has 0 saturated heterocycles. The molecular formula is C17H15ClN2O3S. The molecule has 3 aliphatic rings. The fourth-order valence-electron chi connectivity index (χ4n) is 3.59. The van der Waals surface area contributed by atoms with Crippen molar-refractivity contribution in [3.8, 4) is 11.5 Å². The average Bonchev–Trinajstić information content (AvgIpc) is 3.17. The molecular weight excluding hydrogens is 348 g/mol. The first-order chi connectivity index (χ1) is 11.7. The van der Waals surface area contributed by atoms with Gasteiger partial charge in [-0.25, -0.2) is 0 Å². The van der Waals surface area contributed by atoms with Gasteiger partial charge in [0.1, 0.15) is 11.2 Å². The van der Waals surface area contributed by atoms with E-state index < -0.39 is 0 Å². The third kappa shape index (κ3) is 2.09. The van der Waals surface area contributed by atoms with Gasteiger partial charge in [-0.1, -0.05) is 11.6 Å². The SMILES string of the molecule is O=C1NC(c2cc3c(cc2Cl)OCO3)Nc2sc3c(c21)CCCC3. The van der Waals surface area contributed by atoms with Crippen LogP contribution in [-0.4, -0.2) is 12.7 Å². The smallest absolute Gasteiger partial charge is 0.256 e. The maximum Gasteiger partial charge on any atom is 0.256 e. The Morgan fingerprint density at radius 2 is 1.92 bits per heavy atom. The summed E-state index contributed by atoms with van der Waals surface area (Å²) in [6, 6.07) is 3.57. The van der Waals surface area contributed by atoms with Crippen molar-refractivity contribution in [1.82, 2.24) is 5.32 Å². The molecule has 1 aliphatic carbocycles. The van der Waals surface area contributed by atoms with E-state index in [0.29, 0.717) is 16.5 Å². The lowest BCUT2D eigenvalue weighted by molar-refractivity contribution is 0.0935. The third-order valence-electron chi connectivity index (χ3n) is 4.75. The number of halogens is 1. The zero-order chi connectivity index (χ0) is 16.3. The number of carbonyl (C=O) groups excluding carboxylic acids is 1. The molecule has 0 radical (unpaired) electrons. The van der Waals surface area contributed by atoms with E-state index in [4.69, 9.17) is 21.1 Å². The number of fused-ring (bicyclic) bond motifs is 4. The van der Waals surface area contributed by atoms with E-state index in [1.807, 2.05) is 6.07 Å². The van der Waals surface area contributed by atoms with Crippen molar-refractivity contribution in [3.05, 3.63) is 38.7 Å². The molecule has 124 valence electrons. The Morgan fingerprint density at radius 1 is 1.12 bits per heavy atom. The zero-order valence-corrected chi connectivity index (χ0v) is 14.4. The molecule has 2 aromatic rings. The van der Waals surface area contributed by atoms with Crippen LogP contribution in [0.5, 0.6) is 11.5 Å². The van der Waals surface area contributed by atoms with Gasteiger partial charge in [-0.15, -0.1) is 11.3 Å². The van der Waals surface area contributed by atoms with Crippen LogP contribution in [-0.2, 0) is 12.8 Å². The zero-order valence-electron chi connectivity index (χ0n) is 12.8. The minimum absolute atomic E-state index is 0.0260. The second-order valence-corrected chi connectivity index (χ2v) is 7.71. The number of aryl methyl sites for hydroxylation is 1. The number of thiophene rings is 1. The highest BCUT2D eigenvalue weighted by molar-refractivity contribution is 7.16. The molecule has 0 spiro atoms. The molecule has 1 atom stereocenters. The molecule has 1 amide bonds. The molecule has 7 heteroatoms. The molecule has 2 aliphatic heterocycles. The van der Waals surface area contributed by atoms with E-state index in [9.17, 15) is 4.79 Å². The maximum atomic E-state index is 12.7. The summed E-state index contributed by atoms with van der Waals surface area (Å²) in [7, 11) is 0. The van der Waals surface area contributed by atoms with E-state index in [-0.39, 0.29) is 18.9 Å². The van der Waals surface area contributed by atoms with Gasteiger partial charge in [-0.2, -0.15) is 0 Å². The quantitative estimate of drug-likeness (QED) is 0.808. The maximum absolute atomic E-state index is 12.7. The minimum Gasteiger partial charge on any atom is -0.454 e. The summed E-state index contributed by atoms with van der Waals surface area (Å²) in [4.78, 5) is 14.0. The number of hydrogen-bond acceptors (Lipinski definition) is 5. The number of carbonyl (C=O) groups is 1. The number of amides is 1. The molecule has 2 N–H and O–H groups in total. The summed E-state index contributed by atoms with van der Waals surface area (Å²) < 4.78 is 10.8. The van der Waals surface area contributed by atoms with Crippen molar-refractivity contribution >= 4 is 33.8 Å². The summed E-state index contributed by atoms with van der Waals surface area (Å²) in [5, 5.41) is 7.96. The number of nitrogens with one attached hydrogen (secondary N) is 2. The van der Waals surface area contributed by atoms with Crippen LogP contribution < -0.4 is 20.1 Å². The lowest BCUT2D eigenvalue weighted by Crippen LogP contribution is -2.38. The Balaban J connectivity index is 1.54. The predicted molar refractivity (Wildman–Crippen MR) is 92.4 cm³/mol. The molecule has 1 aromatic heterocycles. The lowest BCUT2D eigenvalue weighted by Gasteiger charge is -2.27. The highest BCUT2D eigenvalue weighted by atomic mass is 35.5. The van der Waals surface area contributed by atoms with Crippen molar-refractivity contribution < 1.29 is 14.3 Å². The van der Waals surface area contributed by atoms with Crippen LogP contribution in [0.3, 0.4) is 0 Å². The first-order valence-electron chi connectivity index (χ1n) is 8.01. The largest absolute Gasteiger partial charge is 0.454 e. The molecule has 1 unspecified atom stereocenters. The second-order valence-electron chi connectivity index (χ2n) is 6.19. The second kappa shape index (κ2) is 5.29. The van der Waals surface area contributed by atoms with Gasteiger partial charge in [0.2, 0.25) is 6.79 Å². The molecule has 0 saturated carbocycles. The summed E-state index contributed by atoms with van der Waals surface area (Å²) in [5.41, 5.74) is 2.83. The van der Waals surface area contributed by atoms with Gasteiger partial charge in [0, 0.05) is 16.5 Å². The summed E-state index contributed by atoms with van der Waals surface area (Å²) in [6.07, 6.45) is 4.04. The monoisotopic (exact) mass is 362 g/mol. The fraction of sp³-hybridized carbons (Fsp3) is 0.353. The highest BCUT2D eigenvalue weighted by Crippen LogP contribution is 2.44. The predicted octanol–water partition coefficient (Wildman–Crippen LogP) is 3.86. The average molecular weight is 363 g/mol. The number of ether oxygens (including phenoxy) is 2. The minimum atomic E-state index is -0.368. The Hall–Kier alpha value is -1.92. The van der Waals surface area contributed by atoms with Gasteiger partial charge < -0.3 is 20.1 Å². The molecule has 5 rings (SSSR count). The first-order valence-corrected chi connectivity index (χ1v) is 9.21. The third-order valence-corrected chi connectivity index (χ3v) is 6.30. The van der Waals surface area contributed by atoms with Crippen molar-refractivity contribution in [2.45, 2.75) is 31.8 Å². The van der Waals surface area contributed by atoms with Crippen LogP contribution in [0.25, 0.3) is 0 Å². The van der Waals surface area contributed by atoms with E-state index >= 15 is 0 Å². The van der Waals surface area contributed by atoms with Gasteiger partial charge in [-0.3, -0.25) is 4.79 Å². The van der Waals surface area contributed by atoms with Gasteiger partial charge in [0.15, 0.2) is 11.5 Å². The number of hydrogen-bond donors (Lipinski definition) is 2. The summed E-state index contributed by atoms with van der Waals surface area (Å²) >= 11 is 8.09. The Kier molecular flexibility index (Phi) is 3.18. The molecule has 0 fully saturated rings. The van der Waals surface area contributed by atoms with Gasteiger partial charge >= 0.3 is 0 Å². The van der Waals surface area contributed by atoms with Crippen LogP contribution >= 0.6 is 22.9 Å². The molecule has 3 heterocycles. The van der Waals surface area contributed by atoms with Crippen molar-refractivity contribution in [3.63, 3.8) is 0 Å². The van der Waals surface area contributed by atoms with Crippen molar-refractivity contribution in [2.24, 2.45) is 0 Å². The fourth-order valence-corrected chi connectivity index (χ4v) is 5.17. The molecule has 1 aromatic carbocycles. The number of anilines is 1. The Labute approximate surface area is 147 Å². The normalized spacial score (nSPS) is 20.9. The van der Waals surface area contributed by atoms with Crippen LogP contribution in [0.4, 0.5) is 5.00 Å². The van der Waals surface area contributed by atoms with Crippen LogP contribution in [0, 0.1) is 0 Å². The Morgan fingerprint density at radius 3 is 2.79 bits per heavy atom. The van der Waals surface area contributed by atoms with Crippen LogP contribution in [0.2, 0.25) is 5.02 Å². The number of rotatable bonds is 1. The molecule has 5 nitrogen and oxygen atoms in total.